The second kappa shape index (κ2) is 5.70. The Labute approximate surface area is 90.3 Å². The number of aliphatic carboxylic acids is 1. The maximum atomic E-state index is 12.0. The zero-order chi connectivity index (χ0) is 11.3. The number of alkyl halides is 2. The summed E-state index contributed by atoms with van der Waals surface area (Å²) in [5, 5.41) is 7.64. The van der Waals surface area contributed by atoms with Gasteiger partial charge in [-0.2, -0.15) is 8.78 Å². The molecule has 1 rings (SSSR count). The first-order valence-corrected chi connectivity index (χ1v) is 5.24. The van der Waals surface area contributed by atoms with Crippen molar-refractivity contribution >= 4 is 17.7 Å². The van der Waals surface area contributed by atoms with E-state index in [1.54, 1.807) is 30.3 Å². The quantitative estimate of drug-likeness (QED) is 0.848. The van der Waals surface area contributed by atoms with Crippen molar-refractivity contribution in [2.24, 2.45) is 0 Å². The predicted octanol–water partition coefficient (Wildman–Crippen LogP) is 2.64. The molecule has 0 spiro atoms. The van der Waals surface area contributed by atoms with Crippen LogP contribution in [-0.2, 0) is 11.2 Å². The lowest BCUT2D eigenvalue weighted by Gasteiger charge is -2.10. The van der Waals surface area contributed by atoms with Crippen molar-refractivity contribution in [2.75, 3.05) is 0 Å². The van der Waals surface area contributed by atoms with Crippen LogP contribution in [0, 0.1) is 0 Å². The van der Waals surface area contributed by atoms with Crippen LogP contribution in [0.5, 0.6) is 0 Å². The molecule has 1 atom stereocenters. The number of rotatable bonds is 5. The van der Waals surface area contributed by atoms with E-state index < -0.39 is 17.0 Å². The van der Waals surface area contributed by atoms with Gasteiger partial charge in [-0.25, -0.2) is 0 Å². The molecule has 0 saturated carbocycles. The molecule has 0 aromatic heterocycles. The molecular formula is C10H10F2O2S. The number of thioether (sulfide) groups is 1. The van der Waals surface area contributed by atoms with E-state index in [0.29, 0.717) is 0 Å². The maximum absolute atomic E-state index is 12.0. The van der Waals surface area contributed by atoms with Crippen LogP contribution < -0.4 is 0 Å². The van der Waals surface area contributed by atoms with Gasteiger partial charge in [0.15, 0.2) is 0 Å². The fourth-order valence-corrected chi connectivity index (χ4v) is 1.80. The van der Waals surface area contributed by atoms with E-state index in [1.165, 1.54) is 0 Å². The van der Waals surface area contributed by atoms with Crippen LogP contribution in [0.25, 0.3) is 0 Å². The van der Waals surface area contributed by atoms with Crippen LogP contribution in [0.4, 0.5) is 8.78 Å². The third-order valence-electron chi connectivity index (χ3n) is 1.81. The van der Waals surface area contributed by atoms with Crippen molar-refractivity contribution < 1.29 is 18.7 Å². The summed E-state index contributed by atoms with van der Waals surface area (Å²) < 4.78 is 24.1. The lowest BCUT2D eigenvalue weighted by molar-refractivity contribution is -0.136. The number of carbonyl (C=O) groups is 1. The van der Waals surface area contributed by atoms with Gasteiger partial charge in [0.05, 0.1) is 0 Å². The minimum Gasteiger partial charge on any atom is -0.480 e. The Morgan fingerprint density at radius 3 is 2.40 bits per heavy atom. The zero-order valence-electron chi connectivity index (χ0n) is 7.77. The van der Waals surface area contributed by atoms with Crippen LogP contribution in [0.15, 0.2) is 30.3 Å². The fourth-order valence-electron chi connectivity index (χ4n) is 1.15. The second-order valence-electron chi connectivity index (χ2n) is 2.91. The molecule has 15 heavy (non-hydrogen) atoms. The molecule has 5 heteroatoms. The maximum Gasteiger partial charge on any atom is 0.317 e. The molecule has 1 aromatic rings. The van der Waals surface area contributed by atoms with Gasteiger partial charge in [0.1, 0.15) is 5.25 Å². The standard InChI is InChI=1S/C10H10F2O2S/c11-10(12)15-8(9(13)14)6-7-4-2-1-3-5-7/h1-5,8,10H,6H2,(H,13,14). The van der Waals surface area contributed by atoms with Crippen LogP contribution in [-0.4, -0.2) is 22.1 Å². The van der Waals surface area contributed by atoms with E-state index >= 15 is 0 Å². The van der Waals surface area contributed by atoms with Gasteiger partial charge in [0.25, 0.3) is 5.76 Å². The molecule has 0 heterocycles. The molecule has 1 aromatic carbocycles. The Bertz CT molecular complexity index is 316. The fraction of sp³-hybridized carbons (Fsp3) is 0.300. The first-order valence-electron chi connectivity index (χ1n) is 4.30. The summed E-state index contributed by atoms with van der Waals surface area (Å²) in [6.45, 7) is 0. The average Bonchev–Trinajstić information content (AvgIpc) is 2.17. The highest BCUT2D eigenvalue weighted by atomic mass is 32.2. The Balaban J connectivity index is 2.63. The van der Waals surface area contributed by atoms with Crippen molar-refractivity contribution in [3.63, 3.8) is 0 Å². The van der Waals surface area contributed by atoms with Crippen LogP contribution >= 0.6 is 11.8 Å². The monoisotopic (exact) mass is 232 g/mol. The van der Waals surface area contributed by atoms with E-state index in [9.17, 15) is 13.6 Å². The molecule has 2 nitrogen and oxygen atoms in total. The number of benzene rings is 1. The molecule has 82 valence electrons. The van der Waals surface area contributed by atoms with Gasteiger partial charge in [-0.15, -0.1) is 0 Å². The van der Waals surface area contributed by atoms with Crippen LogP contribution in [0.1, 0.15) is 5.56 Å². The highest BCUT2D eigenvalue weighted by molar-refractivity contribution is 8.00. The summed E-state index contributed by atoms with van der Waals surface area (Å²) >= 11 is 0.170. The Morgan fingerprint density at radius 1 is 1.33 bits per heavy atom. The minimum absolute atomic E-state index is 0.116. The molecule has 0 bridgehead atoms. The third-order valence-corrected chi connectivity index (χ3v) is 2.71. The van der Waals surface area contributed by atoms with Gasteiger partial charge in [0, 0.05) is 0 Å². The SMILES string of the molecule is O=C(O)C(Cc1ccccc1)SC(F)F. The van der Waals surface area contributed by atoms with E-state index in [2.05, 4.69) is 0 Å². The van der Waals surface area contributed by atoms with Gasteiger partial charge in [-0.3, -0.25) is 4.79 Å². The molecule has 0 fully saturated rings. The zero-order valence-corrected chi connectivity index (χ0v) is 8.58. The normalized spacial score (nSPS) is 12.7. The first kappa shape index (κ1) is 12.0. The van der Waals surface area contributed by atoms with Gasteiger partial charge >= 0.3 is 5.97 Å². The Morgan fingerprint density at radius 2 is 1.93 bits per heavy atom. The van der Waals surface area contributed by atoms with Crippen LogP contribution in [0.2, 0.25) is 0 Å². The first-order chi connectivity index (χ1) is 7.09. The Hall–Kier alpha value is -1.10. The average molecular weight is 232 g/mol. The molecule has 0 saturated heterocycles. The molecule has 1 N–H and O–H groups in total. The molecule has 0 aliphatic carbocycles. The number of halogens is 2. The van der Waals surface area contributed by atoms with Gasteiger partial charge in [-0.1, -0.05) is 42.1 Å². The summed E-state index contributed by atoms with van der Waals surface area (Å²) in [5.74, 6) is -3.86. The lowest BCUT2D eigenvalue weighted by atomic mass is 10.1. The van der Waals surface area contributed by atoms with E-state index in [1.807, 2.05) is 0 Å². The third kappa shape index (κ3) is 4.29. The molecule has 0 radical (unpaired) electrons. The number of hydrogen-bond acceptors (Lipinski definition) is 2. The number of carboxylic acids is 1. The van der Waals surface area contributed by atoms with Crippen molar-refractivity contribution in [1.29, 1.82) is 0 Å². The number of hydrogen-bond donors (Lipinski definition) is 1. The van der Waals surface area contributed by atoms with Gasteiger partial charge in [0.2, 0.25) is 0 Å². The highest BCUT2D eigenvalue weighted by Crippen LogP contribution is 2.23. The smallest absolute Gasteiger partial charge is 0.317 e. The van der Waals surface area contributed by atoms with Crippen molar-refractivity contribution in [2.45, 2.75) is 17.4 Å². The van der Waals surface area contributed by atoms with Crippen molar-refractivity contribution in [3.05, 3.63) is 35.9 Å². The summed E-state index contributed by atoms with van der Waals surface area (Å²) in [5.41, 5.74) is 0.748. The predicted molar refractivity (Wildman–Crippen MR) is 55.2 cm³/mol. The largest absolute Gasteiger partial charge is 0.480 e. The summed E-state index contributed by atoms with van der Waals surface area (Å²) in [4.78, 5) is 10.7. The van der Waals surface area contributed by atoms with Crippen molar-refractivity contribution in [1.82, 2.24) is 0 Å². The minimum atomic E-state index is -2.66. The van der Waals surface area contributed by atoms with E-state index in [-0.39, 0.29) is 18.2 Å². The molecule has 0 aliphatic rings. The van der Waals surface area contributed by atoms with Crippen molar-refractivity contribution in [3.8, 4) is 0 Å². The van der Waals surface area contributed by atoms with E-state index in [4.69, 9.17) is 5.11 Å². The molecule has 0 amide bonds. The molecule has 0 aliphatic heterocycles. The van der Waals surface area contributed by atoms with Gasteiger partial charge in [-0.05, 0) is 12.0 Å². The summed E-state index contributed by atoms with van der Waals surface area (Å²) in [6.07, 6.45) is 0.116. The Kier molecular flexibility index (Phi) is 4.55. The second-order valence-corrected chi connectivity index (χ2v) is 4.11. The molecule has 1 unspecified atom stereocenters. The summed E-state index contributed by atoms with van der Waals surface area (Å²) in [7, 11) is 0. The van der Waals surface area contributed by atoms with Gasteiger partial charge < -0.3 is 5.11 Å². The topological polar surface area (TPSA) is 37.3 Å². The molecular weight excluding hydrogens is 222 g/mol. The number of carboxylic acid groups (broad SMARTS) is 1. The van der Waals surface area contributed by atoms with Crippen LogP contribution in [0.3, 0.4) is 0 Å². The lowest BCUT2D eigenvalue weighted by Crippen LogP contribution is -2.20. The summed E-state index contributed by atoms with van der Waals surface area (Å²) in [6, 6.07) is 8.74. The van der Waals surface area contributed by atoms with E-state index in [0.717, 1.165) is 5.56 Å². The highest BCUT2D eigenvalue weighted by Gasteiger charge is 2.22.